The highest BCUT2D eigenvalue weighted by molar-refractivity contribution is 5.94. The van der Waals surface area contributed by atoms with Crippen molar-refractivity contribution in [1.82, 2.24) is 0 Å². The highest BCUT2D eigenvalue weighted by Crippen LogP contribution is 1.71. The average Bonchev–Trinajstić information content (AvgIpc) is 1.88. The summed E-state index contributed by atoms with van der Waals surface area (Å²) in [7, 11) is -1.42. The molecule has 9 heavy (non-hydrogen) atoms. The molecule has 0 rings (SSSR count). The Morgan fingerprint density at radius 1 is 1.22 bits per heavy atom. The Balaban J connectivity index is 0. The van der Waals surface area contributed by atoms with Crippen LogP contribution in [0.5, 0.6) is 0 Å². The van der Waals surface area contributed by atoms with Gasteiger partial charge >= 0.3 is 9.29 Å². The summed E-state index contributed by atoms with van der Waals surface area (Å²) < 4.78 is 16.8. The standard InChI is InChI=1S/C3H8O3.O2Si/c4-1-3(6)2-5;1-3-2/h3-6H,1-2H2;. The van der Waals surface area contributed by atoms with Gasteiger partial charge in [0.05, 0.1) is 13.2 Å². The number of hydrogen-bond acceptors (Lipinski definition) is 5. The first-order chi connectivity index (χ1) is 4.22. The first-order valence-electron chi connectivity index (χ1n) is 2.12. The zero-order chi connectivity index (χ0) is 7.70. The highest BCUT2D eigenvalue weighted by Gasteiger charge is 1.93. The van der Waals surface area contributed by atoms with Crippen molar-refractivity contribution < 1.29 is 24.2 Å². The first kappa shape index (κ1) is 11.5. The maximum absolute atomic E-state index is 8.40. The third kappa shape index (κ3) is 18.3. The van der Waals surface area contributed by atoms with Crippen molar-refractivity contribution >= 4 is 9.29 Å². The molecule has 5 nitrogen and oxygen atoms in total. The SMILES string of the molecule is O=[Si]=O.OCC(O)CO. The molecule has 0 unspecified atom stereocenters. The van der Waals surface area contributed by atoms with E-state index in [9.17, 15) is 0 Å². The molecule has 0 radical (unpaired) electrons. The van der Waals surface area contributed by atoms with E-state index in [4.69, 9.17) is 24.2 Å². The molecule has 0 atom stereocenters. The molecule has 0 aromatic rings. The summed E-state index contributed by atoms with van der Waals surface area (Å²) in [4.78, 5) is 0. The van der Waals surface area contributed by atoms with Crippen LogP contribution in [-0.4, -0.2) is 43.9 Å². The Bertz CT molecular complexity index is 74.3. The van der Waals surface area contributed by atoms with Crippen LogP contribution in [0.3, 0.4) is 0 Å². The maximum atomic E-state index is 8.40. The summed E-state index contributed by atoms with van der Waals surface area (Å²) in [5.41, 5.74) is 0. The van der Waals surface area contributed by atoms with E-state index >= 15 is 0 Å². The maximum Gasteiger partial charge on any atom is 0.549 e. The largest absolute Gasteiger partial charge is 0.549 e. The van der Waals surface area contributed by atoms with Crippen LogP contribution in [0.2, 0.25) is 0 Å². The lowest BCUT2D eigenvalue weighted by atomic mass is 10.4. The van der Waals surface area contributed by atoms with Crippen molar-refractivity contribution in [2.75, 3.05) is 13.2 Å². The van der Waals surface area contributed by atoms with E-state index in [0.717, 1.165) is 0 Å². The van der Waals surface area contributed by atoms with Crippen LogP contribution in [0.25, 0.3) is 0 Å². The lowest BCUT2D eigenvalue weighted by Gasteiger charge is -1.96. The molecule has 0 aliphatic carbocycles. The van der Waals surface area contributed by atoms with Crippen LogP contribution < -0.4 is 0 Å². The van der Waals surface area contributed by atoms with Gasteiger partial charge in [-0.05, 0) is 0 Å². The fourth-order valence-electron chi connectivity index (χ4n) is 0.0577. The highest BCUT2D eigenvalue weighted by atomic mass is 28.2. The fourth-order valence-corrected chi connectivity index (χ4v) is 0.0577. The molecule has 0 bridgehead atoms. The predicted molar refractivity (Wildman–Crippen MR) is 27.3 cm³/mol. The van der Waals surface area contributed by atoms with Gasteiger partial charge in [-0.25, -0.2) is 0 Å². The zero-order valence-electron chi connectivity index (χ0n) is 4.65. The van der Waals surface area contributed by atoms with Gasteiger partial charge < -0.3 is 15.3 Å². The van der Waals surface area contributed by atoms with E-state index in [1.807, 2.05) is 0 Å². The van der Waals surface area contributed by atoms with Crippen molar-refractivity contribution in [3.05, 3.63) is 0 Å². The molecule has 0 saturated heterocycles. The number of aliphatic hydroxyl groups excluding tert-OH is 3. The Labute approximate surface area is 53.9 Å². The molecule has 3 N–H and O–H groups in total. The van der Waals surface area contributed by atoms with Gasteiger partial charge in [0.15, 0.2) is 0 Å². The minimum absolute atomic E-state index is 0.365. The van der Waals surface area contributed by atoms with Crippen LogP contribution in [0, 0.1) is 0 Å². The topological polar surface area (TPSA) is 94.8 Å². The van der Waals surface area contributed by atoms with Crippen LogP contribution >= 0.6 is 0 Å². The van der Waals surface area contributed by atoms with E-state index in [1.165, 1.54) is 0 Å². The minimum atomic E-state index is -1.42. The number of hydrogen-bond donors (Lipinski definition) is 3. The van der Waals surface area contributed by atoms with Gasteiger partial charge in [-0.15, -0.1) is 0 Å². The zero-order valence-corrected chi connectivity index (χ0v) is 5.65. The molecule has 0 aliphatic rings. The molecule has 0 amide bonds. The fraction of sp³-hybridized carbons (Fsp3) is 1.00. The summed E-state index contributed by atoms with van der Waals surface area (Å²) in [6.07, 6.45) is -0.954. The molecule has 0 spiro atoms. The monoisotopic (exact) mass is 152 g/mol. The third-order valence-corrected chi connectivity index (χ3v) is 0.421. The number of rotatable bonds is 2. The van der Waals surface area contributed by atoms with E-state index in [1.54, 1.807) is 0 Å². The van der Waals surface area contributed by atoms with Gasteiger partial charge in [0.25, 0.3) is 0 Å². The lowest BCUT2D eigenvalue weighted by Crippen LogP contribution is -2.15. The second kappa shape index (κ2) is 10.6. The molecule has 0 aromatic heterocycles. The second-order valence-electron chi connectivity index (χ2n) is 1.10. The van der Waals surface area contributed by atoms with Gasteiger partial charge in [-0.1, -0.05) is 0 Å². The van der Waals surface area contributed by atoms with Crippen molar-refractivity contribution in [2.24, 2.45) is 0 Å². The normalized spacial score (nSPS) is 7.56. The van der Waals surface area contributed by atoms with Crippen molar-refractivity contribution in [1.29, 1.82) is 0 Å². The van der Waals surface area contributed by atoms with Crippen molar-refractivity contribution in [3.63, 3.8) is 0 Å². The summed E-state index contributed by atoms with van der Waals surface area (Å²) in [6, 6.07) is 0. The molecule has 0 aliphatic heterocycles. The number of aliphatic hydroxyl groups is 3. The predicted octanol–water partition coefficient (Wildman–Crippen LogP) is -2.29. The van der Waals surface area contributed by atoms with E-state index in [0.29, 0.717) is 0 Å². The summed E-state index contributed by atoms with van der Waals surface area (Å²) in [5.74, 6) is 0. The molecule has 0 fully saturated rings. The van der Waals surface area contributed by atoms with Crippen LogP contribution in [0.4, 0.5) is 0 Å². The Hall–Kier alpha value is -0.303. The van der Waals surface area contributed by atoms with E-state index in [2.05, 4.69) is 0 Å². The van der Waals surface area contributed by atoms with E-state index in [-0.39, 0.29) is 13.2 Å². The molecule has 54 valence electrons. The van der Waals surface area contributed by atoms with Crippen molar-refractivity contribution in [2.45, 2.75) is 6.10 Å². The molecule has 0 heterocycles. The molecule has 6 heteroatoms. The molecule has 0 aromatic carbocycles. The van der Waals surface area contributed by atoms with Crippen LogP contribution in [0.1, 0.15) is 0 Å². The Morgan fingerprint density at radius 3 is 1.44 bits per heavy atom. The summed E-state index contributed by atoms with van der Waals surface area (Å²) in [6.45, 7) is -0.729. The van der Waals surface area contributed by atoms with Gasteiger partial charge in [0.1, 0.15) is 6.10 Å². The molecular formula is C3H8O5Si. The average molecular weight is 152 g/mol. The Morgan fingerprint density at radius 2 is 1.44 bits per heavy atom. The van der Waals surface area contributed by atoms with Gasteiger partial charge in [0.2, 0.25) is 0 Å². The van der Waals surface area contributed by atoms with Crippen LogP contribution in [0.15, 0.2) is 0 Å². The van der Waals surface area contributed by atoms with Crippen molar-refractivity contribution in [3.8, 4) is 0 Å². The molecule has 0 saturated carbocycles. The quantitative estimate of drug-likeness (QED) is 0.387. The van der Waals surface area contributed by atoms with Gasteiger partial charge in [0, 0.05) is 0 Å². The van der Waals surface area contributed by atoms with E-state index < -0.39 is 15.4 Å². The summed E-state index contributed by atoms with van der Waals surface area (Å²) >= 11 is 0. The van der Waals surface area contributed by atoms with Crippen LogP contribution in [-0.2, 0) is 8.92 Å². The second-order valence-corrected chi connectivity index (χ2v) is 1.27. The summed E-state index contributed by atoms with van der Waals surface area (Å²) in [5, 5.41) is 24.0. The smallest absolute Gasteiger partial charge is 0.394 e. The van der Waals surface area contributed by atoms with Gasteiger partial charge in [-0.2, -0.15) is 0 Å². The third-order valence-electron chi connectivity index (χ3n) is 0.421. The first-order valence-corrected chi connectivity index (χ1v) is 2.93. The molecular weight excluding hydrogens is 144 g/mol. The Kier molecular flexibility index (Phi) is 13.6. The van der Waals surface area contributed by atoms with Gasteiger partial charge in [-0.3, -0.25) is 8.92 Å². The minimum Gasteiger partial charge on any atom is -0.394 e. The lowest BCUT2D eigenvalue weighted by molar-refractivity contribution is 0.0450.